The number of carbonyl (C=O) groups is 3. The third kappa shape index (κ3) is 5.23. The van der Waals surface area contributed by atoms with Gasteiger partial charge in [-0.1, -0.05) is 12.1 Å². The van der Waals surface area contributed by atoms with Crippen LogP contribution in [0.5, 0.6) is 11.5 Å². The zero-order valence-corrected chi connectivity index (χ0v) is 15.0. The first-order chi connectivity index (χ1) is 13.5. The van der Waals surface area contributed by atoms with Crippen LogP contribution in [0.4, 0.5) is 11.4 Å². The monoisotopic (exact) mass is 384 g/mol. The maximum Gasteiger partial charge on any atom is 0.303 e. The smallest absolute Gasteiger partial charge is 0.303 e. The van der Waals surface area contributed by atoms with Crippen LogP contribution < -0.4 is 20.1 Å². The predicted molar refractivity (Wildman–Crippen MR) is 102 cm³/mol. The van der Waals surface area contributed by atoms with Crippen LogP contribution in [0.25, 0.3) is 0 Å². The summed E-state index contributed by atoms with van der Waals surface area (Å²) in [4.78, 5) is 34.8. The molecule has 3 N–H and O–H groups in total. The summed E-state index contributed by atoms with van der Waals surface area (Å²) in [6.07, 6.45) is -0.546. The molecule has 0 spiro atoms. The molecule has 3 rings (SSSR count). The number of carbonyl (C=O) groups excluding carboxylic acids is 2. The Morgan fingerprint density at radius 1 is 1.14 bits per heavy atom. The van der Waals surface area contributed by atoms with E-state index in [0.29, 0.717) is 35.9 Å². The van der Waals surface area contributed by atoms with Crippen molar-refractivity contribution in [3.05, 3.63) is 48.5 Å². The van der Waals surface area contributed by atoms with Crippen LogP contribution in [0.15, 0.2) is 48.5 Å². The first-order valence-corrected chi connectivity index (χ1v) is 8.82. The molecule has 1 aliphatic heterocycles. The summed E-state index contributed by atoms with van der Waals surface area (Å²) < 4.78 is 11.0. The number of anilines is 2. The van der Waals surface area contributed by atoms with Crippen molar-refractivity contribution < 1.29 is 29.0 Å². The number of rotatable bonds is 8. The number of carboxylic acid groups (broad SMARTS) is 1. The largest absolute Gasteiger partial charge is 0.494 e. The maximum absolute atomic E-state index is 12.2. The summed E-state index contributed by atoms with van der Waals surface area (Å²) in [7, 11) is 0. The fourth-order valence-electron chi connectivity index (χ4n) is 2.66. The van der Waals surface area contributed by atoms with Crippen LogP contribution in [-0.4, -0.2) is 35.6 Å². The van der Waals surface area contributed by atoms with E-state index in [2.05, 4.69) is 10.6 Å². The van der Waals surface area contributed by atoms with Crippen molar-refractivity contribution >= 4 is 29.2 Å². The molecular formula is C20H20N2O6. The number of para-hydroxylation sites is 2. The van der Waals surface area contributed by atoms with Crippen molar-refractivity contribution in [1.82, 2.24) is 0 Å². The first-order valence-electron chi connectivity index (χ1n) is 8.82. The fraction of sp³-hybridized carbons (Fsp3) is 0.250. The summed E-state index contributed by atoms with van der Waals surface area (Å²) in [6.45, 7) is 0.299. The van der Waals surface area contributed by atoms with E-state index in [9.17, 15) is 14.4 Å². The minimum absolute atomic E-state index is 0.0510. The van der Waals surface area contributed by atoms with Crippen molar-refractivity contribution in [2.45, 2.75) is 25.4 Å². The van der Waals surface area contributed by atoms with Gasteiger partial charge in [-0.15, -0.1) is 0 Å². The van der Waals surface area contributed by atoms with Gasteiger partial charge in [0, 0.05) is 12.1 Å². The molecule has 2 amide bonds. The van der Waals surface area contributed by atoms with E-state index in [0.717, 1.165) is 0 Å². The predicted octanol–water partition coefficient (Wildman–Crippen LogP) is 2.66. The number of hydrogen-bond donors (Lipinski definition) is 3. The van der Waals surface area contributed by atoms with Gasteiger partial charge < -0.3 is 25.2 Å². The first kappa shape index (κ1) is 19.2. The SMILES string of the molecule is O=C(O)CCCOc1ccc(NC(=O)CC2Oc3ccccc3NC2=O)cc1. The van der Waals surface area contributed by atoms with Crippen molar-refractivity contribution in [2.24, 2.45) is 0 Å². The molecule has 2 aromatic rings. The van der Waals surface area contributed by atoms with Crippen LogP contribution in [0.3, 0.4) is 0 Å². The number of amides is 2. The lowest BCUT2D eigenvalue weighted by Gasteiger charge is -2.25. The summed E-state index contributed by atoms with van der Waals surface area (Å²) >= 11 is 0. The Hall–Kier alpha value is -3.55. The highest BCUT2D eigenvalue weighted by atomic mass is 16.5. The molecule has 1 aliphatic rings. The van der Waals surface area contributed by atoms with Gasteiger partial charge in [-0.05, 0) is 42.8 Å². The molecule has 1 heterocycles. The standard InChI is InChI=1S/C20H20N2O6/c23-18(12-17-20(26)22-15-4-1-2-5-16(15)28-17)21-13-7-9-14(10-8-13)27-11-3-6-19(24)25/h1-2,4-5,7-10,17H,3,6,11-12H2,(H,21,23)(H,22,26)(H,24,25). The second-order valence-electron chi connectivity index (χ2n) is 6.21. The van der Waals surface area contributed by atoms with Gasteiger partial charge in [-0.25, -0.2) is 0 Å². The molecule has 0 radical (unpaired) electrons. The Bertz CT molecular complexity index is 865. The van der Waals surface area contributed by atoms with E-state index in [4.69, 9.17) is 14.6 Å². The molecule has 8 nitrogen and oxygen atoms in total. The molecule has 0 saturated carbocycles. The molecule has 0 fully saturated rings. The van der Waals surface area contributed by atoms with Crippen LogP contribution in [0, 0.1) is 0 Å². The van der Waals surface area contributed by atoms with Gasteiger partial charge >= 0.3 is 5.97 Å². The van der Waals surface area contributed by atoms with E-state index >= 15 is 0 Å². The van der Waals surface area contributed by atoms with Crippen LogP contribution >= 0.6 is 0 Å². The minimum atomic E-state index is -0.897. The number of hydrogen-bond acceptors (Lipinski definition) is 5. The number of benzene rings is 2. The summed E-state index contributed by atoms with van der Waals surface area (Å²) in [6, 6.07) is 13.7. The molecule has 0 bridgehead atoms. The van der Waals surface area contributed by atoms with Gasteiger partial charge in [0.25, 0.3) is 5.91 Å². The highest BCUT2D eigenvalue weighted by molar-refractivity contribution is 6.01. The number of carboxylic acids is 1. The van der Waals surface area contributed by atoms with Gasteiger partial charge in [-0.2, -0.15) is 0 Å². The fourth-order valence-corrected chi connectivity index (χ4v) is 2.66. The van der Waals surface area contributed by atoms with Gasteiger partial charge in [0.05, 0.1) is 18.7 Å². The number of ether oxygens (including phenoxy) is 2. The van der Waals surface area contributed by atoms with Crippen molar-refractivity contribution in [2.75, 3.05) is 17.2 Å². The molecule has 0 aliphatic carbocycles. The summed E-state index contributed by atoms with van der Waals surface area (Å²) in [5.41, 5.74) is 1.14. The van der Waals surface area contributed by atoms with E-state index in [-0.39, 0.29) is 24.7 Å². The van der Waals surface area contributed by atoms with Crippen molar-refractivity contribution in [1.29, 1.82) is 0 Å². The molecular weight excluding hydrogens is 364 g/mol. The molecule has 0 aromatic heterocycles. The van der Waals surface area contributed by atoms with Gasteiger partial charge in [0.1, 0.15) is 11.5 Å². The zero-order valence-electron chi connectivity index (χ0n) is 15.0. The maximum atomic E-state index is 12.2. The van der Waals surface area contributed by atoms with Crippen LogP contribution in [-0.2, 0) is 14.4 Å². The highest BCUT2D eigenvalue weighted by Crippen LogP contribution is 2.29. The lowest BCUT2D eigenvalue weighted by Crippen LogP contribution is -2.39. The molecule has 0 saturated heterocycles. The van der Waals surface area contributed by atoms with E-state index in [1.807, 2.05) is 0 Å². The Labute approximate surface area is 161 Å². The molecule has 1 atom stereocenters. The van der Waals surface area contributed by atoms with Crippen LogP contribution in [0.2, 0.25) is 0 Å². The van der Waals surface area contributed by atoms with E-state index in [1.54, 1.807) is 48.5 Å². The van der Waals surface area contributed by atoms with Gasteiger partial charge in [0.15, 0.2) is 6.10 Å². The van der Waals surface area contributed by atoms with E-state index in [1.165, 1.54) is 0 Å². The third-order valence-corrected chi connectivity index (χ3v) is 4.02. The highest BCUT2D eigenvalue weighted by Gasteiger charge is 2.29. The molecule has 2 aromatic carbocycles. The summed E-state index contributed by atoms with van der Waals surface area (Å²) in [5.74, 6) is -0.464. The Morgan fingerprint density at radius 2 is 1.89 bits per heavy atom. The minimum Gasteiger partial charge on any atom is -0.494 e. The Morgan fingerprint density at radius 3 is 2.64 bits per heavy atom. The average molecular weight is 384 g/mol. The molecule has 28 heavy (non-hydrogen) atoms. The summed E-state index contributed by atoms with van der Waals surface area (Å²) in [5, 5.41) is 14.0. The second kappa shape index (κ2) is 8.90. The third-order valence-electron chi connectivity index (χ3n) is 4.02. The van der Waals surface area contributed by atoms with Gasteiger partial charge in [-0.3, -0.25) is 14.4 Å². The quantitative estimate of drug-likeness (QED) is 0.603. The number of fused-ring (bicyclic) bond motifs is 1. The van der Waals surface area contributed by atoms with Crippen molar-refractivity contribution in [3.63, 3.8) is 0 Å². The molecule has 8 heteroatoms. The second-order valence-corrected chi connectivity index (χ2v) is 6.21. The lowest BCUT2D eigenvalue weighted by molar-refractivity contribution is -0.137. The molecule has 146 valence electrons. The molecule has 1 unspecified atom stereocenters. The number of aliphatic carboxylic acids is 1. The Kier molecular flexibility index (Phi) is 6.11. The zero-order chi connectivity index (χ0) is 19.9. The van der Waals surface area contributed by atoms with E-state index < -0.39 is 12.1 Å². The van der Waals surface area contributed by atoms with Crippen LogP contribution in [0.1, 0.15) is 19.3 Å². The Balaban J connectivity index is 1.48. The number of nitrogens with one attached hydrogen (secondary N) is 2. The normalized spacial score (nSPS) is 15.0. The topological polar surface area (TPSA) is 114 Å². The average Bonchev–Trinajstić information content (AvgIpc) is 2.67. The van der Waals surface area contributed by atoms with Gasteiger partial charge in [0.2, 0.25) is 5.91 Å². The van der Waals surface area contributed by atoms with Crippen molar-refractivity contribution in [3.8, 4) is 11.5 Å². The lowest BCUT2D eigenvalue weighted by atomic mass is 10.1.